The van der Waals surface area contributed by atoms with Crippen molar-refractivity contribution in [2.75, 3.05) is 21.3 Å². The van der Waals surface area contributed by atoms with Gasteiger partial charge in [-0.2, -0.15) is 0 Å². The van der Waals surface area contributed by atoms with E-state index in [0.29, 0.717) is 32.1 Å². The van der Waals surface area contributed by atoms with Gasteiger partial charge in [-0.3, -0.25) is 14.4 Å². The lowest BCUT2D eigenvalue weighted by Crippen LogP contribution is -2.70. The maximum Gasteiger partial charge on any atom is 0.315 e. The molecule has 0 amide bonds. The van der Waals surface area contributed by atoms with Crippen molar-refractivity contribution in [3.05, 3.63) is 11.6 Å². The minimum absolute atomic E-state index is 0.0204. The number of allylic oxidation sites excluding steroid dienone is 1. The van der Waals surface area contributed by atoms with E-state index in [9.17, 15) is 24.6 Å². The first-order chi connectivity index (χ1) is 18.9. The van der Waals surface area contributed by atoms with Gasteiger partial charge >= 0.3 is 17.9 Å². The maximum atomic E-state index is 13.6. The number of methoxy groups -OCH3 is 3. The van der Waals surface area contributed by atoms with Crippen LogP contribution in [0.3, 0.4) is 0 Å². The lowest BCUT2D eigenvalue weighted by Gasteiger charge is -2.70. The van der Waals surface area contributed by atoms with E-state index >= 15 is 0 Å². The molecule has 0 aliphatic heterocycles. The molecule has 4 rings (SSSR count). The number of aliphatic hydroxyl groups excluding tert-OH is 1. The van der Waals surface area contributed by atoms with Crippen LogP contribution in [-0.2, 0) is 28.6 Å². The standard InChI is InChI=1S/C33H52O8/c1-19-17-23(34)33(27(37)41-10)16-15-30(5)20(25(33)32(19,7)38)11-12-22-29(4,18-24(35)39-8)21(13-14-31(22,30)6)28(2,3)26(36)40-9/h11,19,21-23,25,34,38H,12-18H2,1-10H3. The van der Waals surface area contributed by atoms with Crippen molar-refractivity contribution < 1.29 is 38.8 Å². The first-order valence-corrected chi connectivity index (χ1v) is 15.2. The van der Waals surface area contributed by atoms with Gasteiger partial charge in [-0.1, -0.05) is 39.3 Å². The number of ether oxygens (including phenoxy) is 3. The van der Waals surface area contributed by atoms with E-state index in [1.165, 1.54) is 21.3 Å². The predicted octanol–water partition coefficient (Wildman–Crippen LogP) is 4.85. The van der Waals surface area contributed by atoms with E-state index < -0.39 is 45.3 Å². The number of carbonyl (C=O) groups is 3. The Bertz CT molecular complexity index is 1120. The fourth-order valence-electron chi connectivity index (χ4n) is 10.7. The Morgan fingerprint density at radius 2 is 1.63 bits per heavy atom. The van der Waals surface area contributed by atoms with Crippen molar-refractivity contribution in [3.8, 4) is 0 Å². The molecule has 0 bridgehead atoms. The third-order valence-electron chi connectivity index (χ3n) is 13.3. The Balaban J connectivity index is 1.92. The molecule has 10 unspecified atom stereocenters. The molecule has 8 nitrogen and oxygen atoms in total. The first kappa shape index (κ1) is 32.0. The molecule has 0 radical (unpaired) electrons. The second kappa shape index (κ2) is 10.1. The third-order valence-corrected chi connectivity index (χ3v) is 13.3. The van der Waals surface area contributed by atoms with Gasteiger partial charge < -0.3 is 24.4 Å². The van der Waals surface area contributed by atoms with Crippen LogP contribution in [0.1, 0.15) is 93.4 Å². The molecule has 4 aliphatic carbocycles. The molecule has 0 heterocycles. The van der Waals surface area contributed by atoms with Gasteiger partial charge in [0, 0.05) is 5.92 Å². The summed E-state index contributed by atoms with van der Waals surface area (Å²) in [5.74, 6) is -1.99. The monoisotopic (exact) mass is 576 g/mol. The summed E-state index contributed by atoms with van der Waals surface area (Å²) in [4.78, 5) is 39.6. The molecule has 0 aromatic heterocycles. The Morgan fingerprint density at radius 3 is 2.20 bits per heavy atom. The molecule has 0 aromatic rings. The maximum absolute atomic E-state index is 13.6. The van der Waals surface area contributed by atoms with Crippen LogP contribution in [0.15, 0.2) is 11.6 Å². The second-order valence-electron chi connectivity index (χ2n) is 15.1. The lowest BCUT2D eigenvalue weighted by atomic mass is 9.34. The summed E-state index contributed by atoms with van der Waals surface area (Å²) in [6.45, 7) is 14.3. The largest absolute Gasteiger partial charge is 0.469 e. The van der Waals surface area contributed by atoms with Crippen LogP contribution < -0.4 is 0 Å². The zero-order valence-electron chi connectivity index (χ0n) is 26.8. The van der Waals surface area contributed by atoms with Crippen molar-refractivity contribution in [2.24, 2.45) is 50.7 Å². The highest BCUT2D eigenvalue weighted by Gasteiger charge is 2.73. The molecule has 0 spiro atoms. The Morgan fingerprint density at radius 1 is 1.00 bits per heavy atom. The van der Waals surface area contributed by atoms with Crippen LogP contribution in [-0.4, -0.2) is 61.2 Å². The van der Waals surface area contributed by atoms with Crippen molar-refractivity contribution in [1.82, 2.24) is 0 Å². The number of rotatable bonds is 5. The van der Waals surface area contributed by atoms with Crippen LogP contribution in [0, 0.1) is 50.7 Å². The molecule has 8 heteroatoms. The Kier molecular flexibility index (Phi) is 7.86. The average molecular weight is 577 g/mol. The minimum atomic E-state index is -1.23. The molecule has 232 valence electrons. The van der Waals surface area contributed by atoms with Gasteiger partial charge in [-0.25, -0.2) is 0 Å². The highest BCUT2D eigenvalue weighted by Crippen LogP contribution is 2.75. The highest BCUT2D eigenvalue weighted by atomic mass is 16.5. The summed E-state index contributed by atoms with van der Waals surface area (Å²) in [7, 11) is 4.17. The lowest BCUT2D eigenvalue weighted by molar-refractivity contribution is -0.228. The van der Waals surface area contributed by atoms with Crippen molar-refractivity contribution >= 4 is 17.9 Å². The summed E-state index contributed by atoms with van der Waals surface area (Å²) < 4.78 is 15.8. The van der Waals surface area contributed by atoms with Gasteiger partial charge in [0.05, 0.1) is 44.9 Å². The van der Waals surface area contributed by atoms with Gasteiger partial charge in [0.2, 0.25) is 0 Å². The molecular formula is C33H52O8. The number of carbonyl (C=O) groups excluding carboxylic acids is 3. The van der Waals surface area contributed by atoms with E-state index in [1.807, 2.05) is 27.7 Å². The van der Waals surface area contributed by atoms with Crippen molar-refractivity contribution in [2.45, 2.75) is 105 Å². The van der Waals surface area contributed by atoms with E-state index in [4.69, 9.17) is 14.2 Å². The zero-order chi connectivity index (χ0) is 31.0. The van der Waals surface area contributed by atoms with Crippen LogP contribution in [0.5, 0.6) is 0 Å². The minimum Gasteiger partial charge on any atom is -0.469 e. The molecule has 0 aromatic carbocycles. The third kappa shape index (κ3) is 4.09. The molecular weight excluding hydrogens is 524 g/mol. The zero-order valence-corrected chi connectivity index (χ0v) is 26.8. The SMILES string of the molecule is COC(=O)CC1(C)C(C(C)(C)C(=O)OC)CCC2(C)C1CC=C1C3C(C)(O)C(C)CC(O)C3(C(=O)OC)CCC12C. The van der Waals surface area contributed by atoms with Crippen LogP contribution in [0.25, 0.3) is 0 Å². The molecule has 41 heavy (non-hydrogen) atoms. The summed E-state index contributed by atoms with van der Waals surface area (Å²) in [5, 5.41) is 23.6. The summed E-state index contributed by atoms with van der Waals surface area (Å²) in [6.07, 6.45) is 4.95. The van der Waals surface area contributed by atoms with E-state index in [-0.39, 0.29) is 41.5 Å². The average Bonchev–Trinajstić information content (AvgIpc) is 2.90. The van der Waals surface area contributed by atoms with E-state index in [0.717, 1.165) is 12.0 Å². The number of aliphatic hydroxyl groups is 2. The van der Waals surface area contributed by atoms with Gasteiger partial charge in [0.1, 0.15) is 5.41 Å². The molecule has 4 aliphatic rings. The number of hydrogen-bond acceptors (Lipinski definition) is 8. The summed E-state index contributed by atoms with van der Waals surface area (Å²) in [6, 6.07) is 0. The number of hydrogen-bond donors (Lipinski definition) is 2. The first-order valence-electron chi connectivity index (χ1n) is 15.2. The van der Waals surface area contributed by atoms with Crippen molar-refractivity contribution in [3.63, 3.8) is 0 Å². The number of fused-ring (bicyclic) bond motifs is 5. The molecule has 3 fully saturated rings. The molecule has 2 N–H and O–H groups in total. The molecule has 10 atom stereocenters. The van der Waals surface area contributed by atoms with Crippen LogP contribution in [0.2, 0.25) is 0 Å². The van der Waals surface area contributed by atoms with Gasteiger partial charge in [0.25, 0.3) is 0 Å². The van der Waals surface area contributed by atoms with Gasteiger partial charge in [-0.05, 0) is 93.3 Å². The summed E-state index contributed by atoms with van der Waals surface area (Å²) in [5.41, 5.74) is -3.56. The summed E-state index contributed by atoms with van der Waals surface area (Å²) >= 11 is 0. The van der Waals surface area contributed by atoms with Crippen LogP contribution >= 0.6 is 0 Å². The van der Waals surface area contributed by atoms with Gasteiger partial charge in [-0.15, -0.1) is 0 Å². The fourth-order valence-corrected chi connectivity index (χ4v) is 10.7. The Hall–Kier alpha value is -1.93. The normalized spacial score (nSPS) is 45.8. The highest BCUT2D eigenvalue weighted by molar-refractivity contribution is 5.80. The fraction of sp³-hybridized carbons (Fsp3) is 0.848. The quantitative estimate of drug-likeness (QED) is 0.271. The second-order valence-corrected chi connectivity index (χ2v) is 15.1. The smallest absolute Gasteiger partial charge is 0.315 e. The van der Waals surface area contributed by atoms with Crippen LogP contribution in [0.4, 0.5) is 0 Å². The van der Waals surface area contributed by atoms with E-state index in [2.05, 4.69) is 26.8 Å². The van der Waals surface area contributed by atoms with E-state index in [1.54, 1.807) is 0 Å². The predicted molar refractivity (Wildman–Crippen MR) is 153 cm³/mol. The topological polar surface area (TPSA) is 119 Å². The number of esters is 3. The van der Waals surface area contributed by atoms with Gasteiger partial charge in [0.15, 0.2) is 0 Å². The molecule has 3 saturated carbocycles. The Labute approximate surface area is 245 Å². The van der Waals surface area contributed by atoms with Crippen molar-refractivity contribution in [1.29, 1.82) is 0 Å². The molecule has 0 saturated heterocycles.